The van der Waals surface area contributed by atoms with Crippen LogP contribution in [-0.4, -0.2) is 11.3 Å². The molecule has 0 heterocycles. The lowest BCUT2D eigenvalue weighted by Crippen LogP contribution is -1.88. The molecule has 1 aliphatic rings. The van der Waals surface area contributed by atoms with E-state index in [1.165, 1.54) is 0 Å². The fourth-order valence-electron chi connectivity index (χ4n) is 1.93. The van der Waals surface area contributed by atoms with E-state index in [1.807, 2.05) is 12.1 Å². The van der Waals surface area contributed by atoms with Crippen LogP contribution in [0.25, 0.3) is 0 Å². The smallest absolute Gasteiger partial charge is 0.119 e. The molecule has 2 nitrogen and oxygen atoms in total. The predicted octanol–water partition coefficient (Wildman–Crippen LogP) is 2.64. The summed E-state index contributed by atoms with van der Waals surface area (Å²) in [5.74, 6) is 0.402. The van der Waals surface area contributed by atoms with Crippen LogP contribution in [0.5, 0.6) is 5.75 Å². The summed E-state index contributed by atoms with van der Waals surface area (Å²) >= 11 is 0. The zero-order chi connectivity index (χ0) is 9.97. The number of aromatic hydroxyl groups is 1. The van der Waals surface area contributed by atoms with Crippen molar-refractivity contribution < 1.29 is 5.11 Å². The number of hydrogen-bond donors (Lipinski definition) is 1. The number of allylic oxidation sites excluding steroid dienone is 1. The highest BCUT2D eigenvalue weighted by Gasteiger charge is 2.23. The van der Waals surface area contributed by atoms with E-state index in [4.69, 9.17) is 0 Å². The molecule has 72 valence electrons. The summed E-state index contributed by atoms with van der Waals surface area (Å²) in [6.45, 7) is 3.60. The summed E-state index contributed by atoms with van der Waals surface area (Å²) in [7, 11) is 0. The molecule has 1 aromatic carbocycles. The van der Waals surface area contributed by atoms with Gasteiger partial charge in [0, 0.05) is 6.21 Å². The average molecular weight is 187 g/mol. The Labute approximate surface area is 83.6 Å². The molecule has 0 unspecified atom stereocenters. The monoisotopic (exact) mass is 187 g/mol. The van der Waals surface area contributed by atoms with Crippen LogP contribution in [0.15, 0.2) is 35.8 Å². The summed E-state index contributed by atoms with van der Waals surface area (Å²) in [5.41, 5.74) is 2.21. The molecule has 0 bridgehead atoms. The number of hydrogen-bond acceptors (Lipinski definition) is 2. The van der Waals surface area contributed by atoms with Gasteiger partial charge in [-0.3, -0.25) is 4.99 Å². The minimum Gasteiger partial charge on any atom is -0.508 e. The van der Waals surface area contributed by atoms with E-state index in [0.717, 1.165) is 24.0 Å². The molecule has 0 saturated carbocycles. The number of nitrogens with zero attached hydrogens (tertiary/aromatic N) is 1. The Morgan fingerprint density at radius 3 is 3.14 bits per heavy atom. The number of phenols is 1. The van der Waals surface area contributed by atoms with Gasteiger partial charge in [-0.1, -0.05) is 24.8 Å². The molecular formula is C12H13NO. The minimum atomic E-state index is 0.204. The maximum atomic E-state index is 9.60. The number of aliphatic imine (C=N–C) groups is 1. The molecule has 0 aromatic heterocycles. The third kappa shape index (κ3) is 1.43. The van der Waals surface area contributed by atoms with Crippen molar-refractivity contribution in [2.24, 2.45) is 4.99 Å². The van der Waals surface area contributed by atoms with Gasteiger partial charge in [-0.05, 0) is 30.0 Å². The first-order valence-electron chi connectivity index (χ1n) is 4.78. The Morgan fingerprint density at radius 2 is 2.36 bits per heavy atom. The summed E-state index contributed by atoms with van der Waals surface area (Å²) in [4.78, 5) is 4.37. The van der Waals surface area contributed by atoms with Crippen LogP contribution in [0, 0.1) is 0 Å². The summed E-state index contributed by atoms with van der Waals surface area (Å²) in [5, 5.41) is 9.60. The molecule has 0 amide bonds. The third-order valence-corrected chi connectivity index (χ3v) is 2.59. The van der Waals surface area contributed by atoms with Gasteiger partial charge < -0.3 is 5.11 Å². The quantitative estimate of drug-likeness (QED) is 0.709. The van der Waals surface area contributed by atoms with Crippen molar-refractivity contribution in [2.45, 2.75) is 18.9 Å². The van der Waals surface area contributed by atoms with E-state index in [2.05, 4.69) is 11.6 Å². The zero-order valence-corrected chi connectivity index (χ0v) is 7.98. The van der Waals surface area contributed by atoms with Crippen LogP contribution < -0.4 is 0 Å². The van der Waals surface area contributed by atoms with Gasteiger partial charge in [0.05, 0.1) is 6.04 Å². The van der Waals surface area contributed by atoms with Gasteiger partial charge in [0.1, 0.15) is 5.75 Å². The van der Waals surface area contributed by atoms with Crippen LogP contribution in [0.4, 0.5) is 0 Å². The second-order valence-corrected chi connectivity index (χ2v) is 3.43. The maximum absolute atomic E-state index is 9.60. The maximum Gasteiger partial charge on any atom is 0.119 e. The first-order chi connectivity index (χ1) is 6.83. The fraction of sp³-hybridized carbons (Fsp3) is 0.250. The summed E-state index contributed by atoms with van der Waals surface area (Å²) < 4.78 is 0. The molecule has 1 N–H and O–H groups in total. The fourth-order valence-corrected chi connectivity index (χ4v) is 1.93. The van der Waals surface area contributed by atoms with Crippen molar-refractivity contribution in [1.29, 1.82) is 0 Å². The minimum absolute atomic E-state index is 0.204. The van der Waals surface area contributed by atoms with Crippen molar-refractivity contribution in [3.63, 3.8) is 0 Å². The Hall–Kier alpha value is -1.57. The lowest BCUT2D eigenvalue weighted by molar-refractivity contribution is 0.469. The summed E-state index contributed by atoms with van der Waals surface area (Å²) in [6, 6.07) is 5.84. The molecule has 0 spiro atoms. The van der Waals surface area contributed by atoms with Crippen molar-refractivity contribution in [1.82, 2.24) is 0 Å². The number of benzene rings is 1. The highest BCUT2D eigenvalue weighted by Crippen LogP contribution is 2.38. The van der Waals surface area contributed by atoms with Crippen LogP contribution in [0.2, 0.25) is 0 Å². The second kappa shape index (κ2) is 3.66. The van der Waals surface area contributed by atoms with E-state index in [-0.39, 0.29) is 6.04 Å². The number of fused-ring (bicyclic) bond motifs is 1. The topological polar surface area (TPSA) is 32.6 Å². The molecule has 2 rings (SSSR count). The molecule has 0 fully saturated rings. The van der Waals surface area contributed by atoms with E-state index >= 15 is 0 Å². The standard InChI is InChI=1S/C12H13NO/c1-2-8-13-11-7-6-10-9(11)4-3-5-12(10)14/h2-5,8,11,14H,1,6-7H2/t11-/m1/s1. The molecule has 2 heteroatoms. The van der Waals surface area contributed by atoms with E-state index < -0.39 is 0 Å². The van der Waals surface area contributed by atoms with E-state index in [1.54, 1.807) is 18.4 Å². The van der Waals surface area contributed by atoms with Crippen molar-refractivity contribution in [3.8, 4) is 5.75 Å². The Bertz CT molecular complexity index is 382. The largest absolute Gasteiger partial charge is 0.508 e. The normalized spacial score (nSPS) is 19.9. The third-order valence-electron chi connectivity index (χ3n) is 2.59. The lowest BCUT2D eigenvalue weighted by atomic mass is 10.1. The van der Waals surface area contributed by atoms with Gasteiger partial charge in [0.2, 0.25) is 0 Å². The van der Waals surface area contributed by atoms with Gasteiger partial charge in [0.15, 0.2) is 0 Å². The van der Waals surface area contributed by atoms with Gasteiger partial charge in [-0.2, -0.15) is 0 Å². The SMILES string of the molecule is C=CC=N[C@@H]1CCc2c(O)cccc21. The highest BCUT2D eigenvalue weighted by atomic mass is 16.3. The first-order valence-corrected chi connectivity index (χ1v) is 4.78. The second-order valence-electron chi connectivity index (χ2n) is 3.43. The molecule has 0 radical (unpaired) electrons. The molecule has 0 saturated heterocycles. The van der Waals surface area contributed by atoms with Crippen molar-refractivity contribution in [2.75, 3.05) is 0 Å². The lowest BCUT2D eigenvalue weighted by Gasteiger charge is -2.05. The van der Waals surface area contributed by atoms with Crippen LogP contribution in [0.1, 0.15) is 23.6 Å². The molecular weight excluding hydrogens is 174 g/mol. The zero-order valence-electron chi connectivity index (χ0n) is 7.98. The van der Waals surface area contributed by atoms with Gasteiger partial charge in [-0.15, -0.1) is 0 Å². The van der Waals surface area contributed by atoms with Gasteiger partial charge >= 0.3 is 0 Å². The molecule has 0 aliphatic heterocycles. The van der Waals surface area contributed by atoms with Crippen molar-refractivity contribution >= 4 is 6.21 Å². The predicted molar refractivity (Wildman–Crippen MR) is 57.9 cm³/mol. The van der Waals surface area contributed by atoms with Crippen molar-refractivity contribution in [3.05, 3.63) is 42.0 Å². The molecule has 1 atom stereocenters. The van der Waals surface area contributed by atoms with Crippen LogP contribution in [-0.2, 0) is 6.42 Å². The van der Waals surface area contributed by atoms with Gasteiger partial charge in [0.25, 0.3) is 0 Å². The number of phenolic OH excluding ortho intramolecular Hbond substituents is 1. The summed E-state index contributed by atoms with van der Waals surface area (Å²) in [6.07, 6.45) is 5.31. The van der Waals surface area contributed by atoms with Crippen LogP contribution in [0.3, 0.4) is 0 Å². The van der Waals surface area contributed by atoms with Crippen LogP contribution >= 0.6 is 0 Å². The highest BCUT2D eigenvalue weighted by molar-refractivity contribution is 5.70. The molecule has 1 aliphatic carbocycles. The Balaban J connectivity index is 2.35. The Morgan fingerprint density at radius 1 is 1.50 bits per heavy atom. The number of rotatable bonds is 2. The first kappa shape index (κ1) is 9.00. The molecule has 14 heavy (non-hydrogen) atoms. The Kier molecular flexibility index (Phi) is 2.35. The van der Waals surface area contributed by atoms with E-state index in [0.29, 0.717) is 5.75 Å². The van der Waals surface area contributed by atoms with E-state index in [9.17, 15) is 5.11 Å². The van der Waals surface area contributed by atoms with Gasteiger partial charge in [-0.25, -0.2) is 0 Å². The molecule has 1 aromatic rings. The average Bonchev–Trinajstić information content (AvgIpc) is 2.60.